The summed E-state index contributed by atoms with van der Waals surface area (Å²) in [6, 6.07) is 1.84. The van der Waals surface area contributed by atoms with Crippen LogP contribution in [0, 0.1) is 5.92 Å². The molecular formula is C12H16BrNO2S. The number of hydrogen-bond donors (Lipinski definition) is 1. The van der Waals surface area contributed by atoms with Crippen molar-refractivity contribution in [2.45, 2.75) is 25.4 Å². The summed E-state index contributed by atoms with van der Waals surface area (Å²) in [5.74, 6) is 0.275. The SMILES string of the molecule is CN(CC1CCCC1O)C(=O)c1csc(Br)c1. The highest BCUT2D eigenvalue weighted by Crippen LogP contribution is 2.27. The Morgan fingerprint density at radius 2 is 2.41 bits per heavy atom. The van der Waals surface area contributed by atoms with Gasteiger partial charge in [0, 0.05) is 24.9 Å². The van der Waals surface area contributed by atoms with E-state index < -0.39 is 0 Å². The first-order valence-electron chi connectivity index (χ1n) is 5.75. The monoisotopic (exact) mass is 317 g/mol. The van der Waals surface area contributed by atoms with Gasteiger partial charge in [0.2, 0.25) is 0 Å². The molecule has 2 atom stereocenters. The van der Waals surface area contributed by atoms with Crippen molar-refractivity contribution in [1.29, 1.82) is 0 Å². The first-order valence-corrected chi connectivity index (χ1v) is 7.42. The largest absolute Gasteiger partial charge is 0.393 e. The number of thiophene rings is 1. The molecule has 94 valence electrons. The third-order valence-electron chi connectivity index (χ3n) is 3.29. The van der Waals surface area contributed by atoms with Crippen LogP contribution in [-0.2, 0) is 0 Å². The fourth-order valence-corrected chi connectivity index (χ4v) is 3.44. The molecule has 1 aliphatic carbocycles. The van der Waals surface area contributed by atoms with Gasteiger partial charge < -0.3 is 10.0 Å². The summed E-state index contributed by atoms with van der Waals surface area (Å²) in [4.78, 5) is 13.8. The second-order valence-electron chi connectivity index (χ2n) is 4.58. The zero-order valence-electron chi connectivity index (χ0n) is 9.73. The summed E-state index contributed by atoms with van der Waals surface area (Å²) in [5, 5.41) is 11.6. The average molecular weight is 318 g/mol. The molecule has 0 saturated heterocycles. The molecule has 2 unspecified atom stereocenters. The molecule has 1 saturated carbocycles. The maximum absolute atomic E-state index is 12.1. The minimum Gasteiger partial charge on any atom is -0.393 e. The lowest BCUT2D eigenvalue weighted by Gasteiger charge is -2.22. The molecule has 1 aromatic heterocycles. The number of aliphatic hydroxyl groups is 1. The number of rotatable bonds is 3. The Hall–Kier alpha value is -0.390. The second-order valence-corrected chi connectivity index (χ2v) is 6.87. The van der Waals surface area contributed by atoms with E-state index in [0.29, 0.717) is 6.54 Å². The standard InChI is InChI=1S/C12H16BrNO2S/c1-14(6-8-3-2-4-10(8)15)12(16)9-5-11(13)17-7-9/h5,7-8,10,15H,2-4,6H2,1H3. The van der Waals surface area contributed by atoms with Crippen LogP contribution in [0.2, 0.25) is 0 Å². The van der Waals surface area contributed by atoms with Crippen LogP contribution in [0.4, 0.5) is 0 Å². The highest BCUT2D eigenvalue weighted by molar-refractivity contribution is 9.11. The highest BCUT2D eigenvalue weighted by atomic mass is 79.9. The minimum absolute atomic E-state index is 0.0334. The van der Waals surface area contributed by atoms with Crippen molar-refractivity contribution in [3.05, 3.63) is 20.8 Å². The molecule has 0 aliphatic heterocycles. The van der Waals surface area contributed by atoms with Crippen LogP contribution in [-0.4, -0.2) is 35.6 Å². The van der Waals surface area contributed by atoms with E-state index in [1.165, 1.54) is 11.3 Å². The molecule has 17 heavy (non-hydrogen) atoms. The maximum Gasteiger partial charge on any atom is 0.254 e. The molecule has 0 radical (unpaired) electrons. The maximum atomic E-state index is 12.1. The summed E-state index contributed by atoms with van der Waals surface area (Å²) < 4.78 is 0.968. The molecule has 0 bridgehead atoms. The fraction of sp³-hybridized carbons (Fsp3) is 0.583. The number of halogens is 1. The average Bonchev–Trinajstić information content (AvgIpc) is 2.88. The summed E-state index contributed by atoms with van der Waals surface area (Å²) in [7, 11) is 1.80. The Morgan fingerprint density at radius 3 is 2.94 bits per heavy atom. The first kappa shape index (κ1) is 13.1. The van der Waals surface area contributed by atoms with Crippen LogP contribution in [0.15, 0.2) is 15.2 Å². The lowest BCUT2D eigenvalue weighted by molar-refractivity contribution is 0.0694. The zero-order valence-corrected chi connectivity index (χ0v) is 12.1. The molecule has 1 fully saturated rings. The van der Waals surface area contributed by atoms with E-state index in [1.807, 2.05) is 11.4 Å². The Balaban J connectivity index is 1.95. The Kier molecular flexibility index (Phi) is 4.22. The minimum atomic E-state index is -0.237. The highest BCUT2D eigenvalue weighted by Gasteiger charge is 2.27. The molecule has 1 N–H and O–H groups in total. The van der Waals surface area contributed by atoms with Crippen LogP contribution in [0.25, 0.3) is 0 Å². The molecule has 1 heterocycles. The van der Waals surface area contributed by atoms with Gasteiger partial charge in [-0.1, -0.05) is 6.42 Å². The number of aliphatic hydroxyl groups excluding tert-OH is 1. The van der Waals surface area contributed by atoms with Gasteiger partial charge in [-0.25, -0.2) is 0 Å². The van der Waals surface area contributed by atoms with Crippen molar-refractivity contribution in [1.82, 2.24) is 4.90 Å². The summed E-state index contributed by atoms with van der Waals surface area (Å²) in [6.45, 7) is 0.646. The van der Waals surface area contributed by atoms with Gasteiger partial charge in [0.1, 0.15) is 0 Å². The fourth-order valence-electron chi connectivity index (χ4n) is 2.31. The van der Waals surface area contributed by atoms with E-state index in [1.54, 1.807) is 11.9 Å². The third kappa shape index (κ3) is 3.09. The van der Waals surface area contributed by atoms with E-state index in [-0.39, 0.29) is 17.9 Å². The number of carbonyl (C=O) groups excluding carboxylic acids is 1. The number of hydrogen-bond acceptors (Lipinski definition) is 3. The van der Waals surface area contributed by atoms with E-state index >= 15 is 0 Å². The van der Waals surface area contributed by atoms with Crippen molar-refractivity contribution < 1.29 is 9.90 Å². The van der Waals surface area contributed by atoms with Gasteiger partial charge in [-0.05, 0) is 34.8 Å². The molecule has 1 amide bonds. The van der Waals surface area contributed by atoms with E-state index in [9.17, 15) is 9.90 Å². The number of amides is 1. The first-order chi connectivity index (χ1) is 8.08. The lowest BCUT2D eigenvalue weighted by Crippen LogP contribution is -2.34. The van der Waals surface area contributed by atoms with Gasteiger partial charge in [-0.15, -0.1) is 11.3 Å². The van der Waals surface area contributed by atoms with E-state index in [0.717, 1.165) is 28.6 Å². The normalized spacial score (nSPS) is 23.9. The van der Waals surface area contributed by atoms with Crippen molar-refractivity contribution in [2.75, 3.05) is 13.6 Å². The summed E-state index contributed by atoms with van der Waals surface area (Å²) >= 11 is 4.87. The molecule has 3 nitrogen and oxygen atoms in total. The van der Waals surface area contributed by atoms with Crippen molar-refractivity contribution >= 4 is 33.2 Å². The quantitative estimate of drug-likeness (QED) is 0.931. The van der Waals surface area contributed by atoms with Gasteiger partial charge in [-0.2, -0.15) is 0 Å². The zero-order chi connectivity index (χ0) is 12.4. The van der Waals surface area contributed by atoms with E-state index in [4.69, 9.17) is 0 Å². The Labute approximate surface area is 114 Å². The number of carbonyl (C=O) groups is 1. The van der Waals surface area contributed by atoms with Crippen molar-refractivity contribution in [2.24, 2.45) is 5.92 Å². The van der Waals surface area contributed by atoms with Crippen LogP contribution < -0.4 is 0 Å². The van der Waals surface area contributed by atoms with Crippen LogP contribution >= 0.6 is 27.3 Å². The Morgan fingerprint density at radius 1 is 1.65 bits per heavy atom. The van der Waals surface area contributed by atoms with Gasteiger partial charge in [0.05, 0.1) is 15.5 Å². The number of nitrogens with zero attached hydrogens (tertiary/aromatic N) is 1. The van der Waals surface area contributed by atoms with Gasteiger partial charge in [0.15, 0.2) is 0 Å². The molecule has 0 spiro atoms. The predicted molar refractivity (Wildman–Crippen MR) is 72.3 cm³/mol. The predicted octanol–water partition coefficient (Wildman–Crippen LogP) is 2.74. The van der Waals surface area contributed by atoms with Crippen molar-refractivity contribution in [3.8, 4) is 0 Å². The smallest absolute Gasteiger partial charge is 0.254 e. The van der Waals surface area contributed by atoms with E-state index in [2.05, 4.69) is 15.9 Å². The van der Waals surface area contributed by atoms with Gasteiger partial charge in [-0.3, -0.25) is 4.79 Å². The molecule has 1 aromatic rings. The molecule has 1 aliphatic rings. The van der Waals surface area contributed by atoms with Gasteiger partial charge >= 0.3 is 0 Å². The van der Waals surface area contributed by atoms with Crippen molar-refractivity contribution in [3.63, 3.8) is 0 Å². The van der Waals surface area contributed by atoms with Crippen LogP contribution in [0.1, 0.15) is 29.6 Å². The molecule has 2 rings (SSSR count). The van der Waals surface area contributed by atoms with Crippen LogP contribution in [0.3, 0.4) is 0 Å². The Bertz CT molecular complexity index is 407. The third-order valence-corrected chi connectivity index (χ3v) is 4.79. The summed E-state index contributed by atoms with van der Waals surface area (Å²) in [6.07, 6.45) is 2.72. The molecular weight excluding hydrogens is 302 g/mol. The molecule has 0 aromatic carbocycles. The molecule has 5 heteroatoms. The second kappa shape index (κ2) is 5.50. The van der Waals surface area contributed by atoms with Gasteiger partial charge in [0.25, 0.3) is 5.91 Å². The summed E-state index contributed by atoms with van der Waals surface area (Å²) in [5.41, 5.74) is 0.719. The lowest BCUT2D eigenvalue weighted by atomic mass is 10.1. The van der Waals surface area contributed by atoms with Crippen LogP contribution in [0.5, 0.6) is 0 Å². The topological polar surface area (TPSA) is 40.5 Å².